The molecule has 6 heteroatoms. The van der Waals surface area contributed by atoms with Crippen LogP contribution in [0.5, 0.6) is 5.75 Å². The predicted molar refractivity (Wildman–Crippen MR) is 130 cm³/mol. The fourth-order valence-electron chi connectivity index (χ4n) is 5.19. The summed E-state index contributed by atoms with van der Waals surface area (Å²) in [6.07, 6.45) is 3.97. The largest absolute Gasteiger partial charge is 4.00 e. The van der Waals surface area contributed by atoms with E-state index >= 15 is 0 Å². The number of hydrogen-bond donors (Lipinski definition) is 0. The van der Waals surface area contributed by atoms with Crippen LogP contribution in [-0.2, 0) is 21.7 Å². The Labute approximate surface area is 239 Å². The molecule has 0 N–H and O–H groups in total. The van der Waals surface area contributed by atoms with Gasteiger partial charge >= 0.3 is 21.7 Å². The second-order valence-electron chi connectivity index (χ2n) is 8.34. The molecule has 1 atom stereocenters. The molecule has 1 nitrogen and oxygen atoms in total. The van der Waals surface area contributed by atoms with Gasteiger partial charge in [0.2, 0.25) is 0 Å². The minimum atomic E-state index is -2.58. The molecule has 3 aromatic carbocycles. The molecule has 1 aliphatic carbocycles. The van der Waals surface area contributed by atoms with Gasteiger partial charge in [-0.05, 0) is 27.7 Å². The first kappa shape index (κ1) is 32.7. The van der Waals surface area contributed by atoms with E-state index in [-0.39, 0.29) is 64.0 Å². The van der Waals surface area contributed by atoms with E-state index in [2.05, 4.69) is 113 Å². The first-order chi connectivity index (χ1) is 14.4. The van der Waals surface area contributed by atoms with E-state index in [1.165, 1.54) is 32.3 Å². The van der Waals surface area contributed by atoms with Crippen molar-refractivity contribution in [3.63, 3.8) is 0 Å². The molecule has 0 heterocycles. The van der Waals surface area contributed by atoms with Gasteiger partial charge in [0.15, 0.2) is 0 Å². The quantitative estimate of drug-likeness (QED) is 0.175. The maximum absolute atomic E-state index is 5.67. The SMILES string of the molecule is COc1cccc([Si](c2ccccc2)(c2ccccc2)C2(C)[C-]=C(C)C(C)=C2C)c1.[Cl-].[Cl-].[Cl-].[Ti+4]. The van der Waals surface area contributed by atoms with Crippen molar-refractivity contribution in [3.05, 3.63) is 108 Å². The summed E-state index contributed by atoms with van der Waals surface area (Å²) >= 11 is 0. The van der Waals surface area contributed by atoms with E-state index in [4.69, 9.17) is 4.74 Å². The summed E-state index contributed by atoms with van der Waals surface area (Å²) in [4.78, 5) is 0. The van der Waals surface area contributed by atoms with Crippen molar-refractivity contribution in [3.8, 4) is 5.75 Å². The standard InChI is InChI=1S/C28H29OSi.3ClH.Ti/c1-21-20-28(4,23(3)22(21)2)30(25-14-8-6-9-15-25,26-16-10-7-11-17-26)27-18-12-13-24(19-27)29-5;;;;/h6-19H,1-5H3;3*1H;/q-1;;;;+4/p-3. The number of halogens is 3. The average molecular weight is 564 g/mol. The Morgan fingerprint density at radius 2 is 1.18 bits per heavy atom. The van der Waals surface area contributed by atoms with Gasteiger partial charge in [-0.1, -0.05) is 98.6 Å². The molecule has 4 rings (SSSR count). The molecule has 0 fully saturated rings. The van der Waals surface area contributed by atoms with Crippen LogP contribution >= 0.6 is 0 Å². The van der Waals surface area contributed by atoms with Crippen LogP contribution < -0.4 is 57.5 Å². The molecular formula is C28H29Cl3OSiTi. The summed E-state index contributed by atoms with van der Waals surface area (Å²) in [6.45, 7) is 9.13. The van der Waals surface area contributed by atoms with Gasteiger partial charge in [0.05, 0.1) is 7.11 Å². The number of methoxy groups -OCH3 is 1. The molecule has 1 aliphatic rings. The normalized spacial score (nSPS) is 16.8. The molecule has 0 bridgehead atoms. The van der Waals surface area contributed by atoms with E-state index in [9.17, 15) is 0 Å². The van der Waals surface area contributed by atoms with Crippen LogP contribution in [0.3, 0.4) is 0 Å². The maximum Gasteiger partial charge on any atom is 4.00 e. The topological polar surface area (TPSA) is 9.23 Å². The van der Waals surface area contributed by atoms with Crippen LogP contribution in [0, 0.1) is 6.08 Å². The number of ether oxygens (including phenoxy) is 1. The zero-order valence-corrected chi connectivity index (χ0v) is 25.0. The summed E-state index contributed by atoms with van der Waals surface area (Å²) in [6, 6.07) is 30.8. The van der Waals surface area contributed by atoms with Crippen LogP contribution in [0.2, 0.25) is 5.04 Å². The minimum Gasteiger partial charge on any atom is -1.00 e. The number of allylic oxidation sites excluding steroid dienone is 4. The number of rotatable bonds is 5. The third-order valence-corrected chi connectivity index (χ3v) is 12.6. The van der Waals surface area contributed by atoms with Gasteiger partial charge in [-0.25, -0.2) is 5.57 Å². The third-order valence-electron chi connectivity index (χ3n) is 6.98. The van der Waals surface area contributed by atoms with E-state index in [1.54, 1.807) is 7.11 Å². The Kier molecular flexibility index (Phi) is 12.7. The first-order valence-electron chi connectivity index (χ1n) is 10.5. The Hall–Kier alpha value is -1.26. The van der Waals surface area contributed by atoms with E-state index < -0.39 is 8.07 Å². The second kappa shape index (κ2) is 13.2. The zero-order chi connectivity index (χ0) is 21.4. The van der Waals surface area contributed by atoms with Crippen LogP contribution in [-0.4, -0.2) is 15.2 Å². The molecular weight excluding hydrogens is 535 g/mol. The van der Waals surface area contributed by atoms with Gasteiger partial charge < -0.3 is 42.0 Å². The van der Waals surface area contributed by atoms with Crippen LogP contribution in [0.1, 0.15) is 27.7 Å². The summed E-state index contributed by atoms with van der Waals surface area (Å²) in [5.41, 5.74) is 4.05. The molecule has 176 valence electrons. The molecule has 0 spiro atoms. The van der Waals surface area contributed by atoms with Crippen molar-refractivity contribution >= 4 is 23.6 Å². The van der Waals surface area contributed by atoms with Crippen LogP contribution in [0.4, 0.5) is 0 Å². The van der Waals surface area contributed by atoms with Gasteiger partial charge in [0, 0.05) is 0 Å². The van der Waals surface area contributed by atoms with Gasteiger partial charge in [0.25, 0.3) is 0 Å². The fraction of sp³-hybridized carbons (Fsp3) is 0.214. The molecule has 0 saturated heterocycles. The zero-order valence-electron chi connectivity index (χ0n) is 20.1. The molecule has 0 aromatic heterocycles. The first-order valence-corrected chi connectivity index (χ1v) is 12.5. The summed E-state index contributed by atoms with van der Waals surface area (Å²) < 4.78 is 5.67. The van der Waals surface area contributed by atoms with Gasteiger partial charge in [0.1, 0.15) is 13.8 Å². The third kappa shape index (κ3) is 5.14. The Bertz CT molecular complexity index is 1090. The molecule has 0 radical (unpaired) electrons. The Morgan fingerprint density at radius 3 is 1.59 bits per heavy atom. The maximum atomic E-state index is 5.67. The average Bonchev–Trinajstić information content (AvgIpc) is 2.99. The van der Waals surface area contributed by atoms with Gasteiger partial charge in [-0.3, -0.25) is 6.08 Å². The molecule has 3 aromatic rings. The molecule has 34 heavy (non-hydrogen) atoms. The van der Waals surface area contributed by atoms with Crippen molar-refractivity contribution in [2.24, 2.45) is 0 Å². The van der Waals surface area contributed by atoms with Crippen LogP contribution in [0.15, 0.2) is 102 Å². The number of hydrogen-bond acceptors (Lipinski definition) is 1. The van der Waals surface area contributed by atoms with Crippen molar-refractivity contribution < 1.29 is 63.7 Å². The second-order valence-corrected chi connectivity index (χ2v) is 12.6. The minimum absolute atomic E-state index is 0. The van der Waals surface area contributed by atoms with Gasteiger partial charge in [-0.2, -0.15) is 11.1 Å². The Balaban J connectivity index is 0.00000272. The van der Waals surface area contributed by atoms with Crippen molar-refractivity contribution in [1.29, 1.82) is 0 Å². The molecule has 1 unspecified atom stereocenters. The smallest absolute Gasteiger partial charge is 1.00 e. The monoisotopic (exact) mass is 562 g/mol. The van der Waals surface area contributed by atoms with Crippen molar-refractivity contribution in [2.75, 3.05) is 7.11 Å². The van der Waals surface area contributed by atoms with Crippen molar-refractivity contribution in [1.82, 2.24) is 0 Å². The number of benzene rings is 3. The summed E-state index contributed by atoms with van der Waals surface area (Å²) in [7, 11) is -0.833. The predicted octanol–water partition coefficient (Wildman–Crippen LogP) is -3.97. The Morgan fingerprint density at radius 1 is 0.706 bits per heavy atom. The van der Waals surface area contributed by atoms with Gasteiger partial charge in [-0.15, -0.1) is 6.92 Å². The molecule has 0 saturated carbocycles. The van der Waals surface area contributed by atoms with E-state index in [0.29, 0.717) is 0 Å². The van der Waals surface area contributed by atoms with E-state index in [0.717, 1.165) is 5.75 Å². The summed E-state index contributed by atoms with van der Waals surface area (Å²) in [5.74, 6) is 0.900. The van der Waals surface area contributed by atoms with Crippen molar-refractivity contribution in [2.45, 2.75) is 32.7 Å². The van der Waals surface area contributed by atoms with Crippen LogP contribution in [0.25, 0.3) is 0 Å². The molecule has 0 amide bonds. The molecule has 0 aliphatic heterocycles. The fourth-order valence-corrected chi connectivity index (χ4v) is 11.1. The summed E-state index contributed by atoms with van der Waals surface area (Å²) in [5, 5.41) is 3.91. The van der Waals surface area contributed by atoms with E-state index in [1.807, 2.05) is 6.07 Å².